The van der Waals surface area contributed by atoms with Gasteiger partial charge in [-0.15, -0.1) is 0 Å². The minimum absolute atomic E-state index is 0.00499. The number of rotatable bonds is 2. The third-order valence-electron chi connectivity index (χ3n) is 3.61. The Hall–Kier alpha value is -0.300. The molecular formula is C13H18BrClN2O2S. The van der Waals surface area contributed by atoms with Crippen LogP contribution in [0.1, 0.15) is 32.6 Å². The summed E-state index contributed by atoms with van der Waals surface area (Å²) in [5.41, 5.74) is 6.13. The molecule has 7 heteroatoms. The highest BCUT2D eigenvalue weighted by molar-refractivity contribution is 9.10. The Morgan fingerprint density at radius 1 is 1.35 bits per heavy atom. The molecule has 1 atom stereocenters. The van der Waals surface area contributed by atoms with Gasteiger partial charge in [0.1, 0.15) is 0 Å². The molecule has 0 saturated carbocycles. The summed E-state index contributed by atoms with van der Waals surface area (Å²) in [7, 11) is -3.59. The van der Waals surface area contributed by atoms with Crippen molar-refractivity contribution in [2.75, 3.05) is 12.3 Å². The van der Waals surface area contributed by atoms with Crippen molar-refractivity contribution in [3.8, 4) is 0 Å². The van der Waals surface area contributed by atoms with Crippen LogP contribution in [-0.2, 0) is 10.0 Å². The largest absolute Gasteiger partial charge is 0.398 e. The second-order valence-electron chi connectivity index (χ2n) is 5.12. The van der Waals surface area contributed by atoms with Crippen LogP contribution in [-0.4, -0.2) is 25.3 Å². The fourth-order valence-electron chi connectivity index (χ4n) is 2.50. The molecule has 20 heavy (non-hydrogen) atoms. The van der Waals surface area contributed by atoms with Crippen LogP contribution in [0.4, 0.5) is 5.69 Å². The molecule has 0 aromatic heterocycles. The molecule has 1 aliphatic heterocycles. The van der Waals surface area contributed by atoms with E-state index < -0.39 is 10.0 Å². The SMILES string of the molecule is CC1CCCCCN1S(=O)(=O)c1cc(Cl)cc(N)c1Br. The number of nitrogen functional groups attached to an aromatic ring is 1. The van der Waals surface area contributed by atoms with Crippen LogP contribution in [0.15, 0.2) is 21.5 Å². The Labute approximate surface area is 133 Å². The number of halogens is 2. The van der Waals surface area contributed by atoms with Crippen molar-refractivity contribution in [3.63, 3.8) is 0 Å². The van der Waals surface area contributed by atoms with Gasteiger partial charge in [0.05, 0.1) is 9.37 Å². The number of nitrogens with two attached hydrogens (primary N) is 1. The van der Waals surface area contributed by atoms with Gasteiger partial charge in [-0.2, -0.15) is 4.31 Å². The molecule has 2 N–H and O–H groups in total. The zero-order valence-corrected chi connectivity index (χ0v) is 14.4. The molecule has 1 heterocycles. The summed E-state index contributed by atoms with van der Waals surface area (Å²) < 4.78 is 27.7. The van der Waals surface area contributed by atoms with Gasteiger partial charge >= 0.3 is 0 Å². The van der Waals surface area contributed by atoms with Gasteiger partial charge in [0.15, 0.2) is 0 Å². The van der Waals surface area contributed by atoms with Crippen LogP contribution in [0, 0.1) is 0 Å². The van der Waals surface area contributed by atoms with Crippen molar-refractivity contribution in [1.82, 2.24) is 4.31 Å². The van der Waals surface area contributed by atoms with E-state index in [0.29, 0.717) is 21.7 Å². The van der Waals surface area contributed by atoms with E-state index in [1.165, 1.54) is 12.1 Å². The fraction of sp³-hybridized carbons (Fsp3) is 0.538. The van der Waals surface area contributed by atoms with Crippen LogP contribution in [0.3, 0.4) is 0 Å². The molecule has 2 rings (SSSR count). The molecule has 0 bridgehead atoms. The van der Waals surface area contributed by atoms with Gasteiger partial charge < -0.3 is 5.73 Å². The molecule has 1 unspecified atom stereocenters. The third-order valence-corrected chi connectivity index (χ3v) is 7.01. The van der Waals surface area contributed by atoms with E-state index in [9.17, 15) is 8.42 Å². The molecule has 0 radical (unpaired) electrons. The minimum atomic E-state index is -3.59. The van der Waals surface area contributed by atoms with Crippen LogP contribution < -0.4 is 5.73 Å². The Balaban J connectivity index is 2.49. The normalized spacial score (nSPS) is 21.6. The Morgan fingerprint density at radius 2 is 2.05 bits per heavy atom. The number of sulfonamides is 1. The Bertz CT molecular complexity index is 607. The molecular weight excluding hydrogens is 364 g/mol. The summed E-state index contributed by atoms with van der Waals surface area (Å²) in [6, 6.07) is 2.99. The van der Waals surface area contributed by atoms with Gasteiger partial charge in [-0.3, -0.25) is 0 Å². The summed E-state index contributed by atoms with van der Waals surface area (Å²) in [4.78, 5) is 0.149. The fourth-order valence-corrected chi connectivity index (χ4v) is 5.46. The molecule has 1 fully saturated rings. The lowest BCUT2D eigenvalue weighted by Gasteiger charge is -2.27. The van der Waals surface area contributed by atoms with Crippen molar-refractivity contribution >= 4 is 43.2 Å². The maximum atomic E-state index is 12.9. The molecule has 0 amide bonds. The van der Waals surface area contributed by atoms with Gasteiger partial charge in [0, 0.05) is 23.3 Å². The smallest absolute Gasteiger partial charge is 0.244 e. The first-order valence-corrected chi connectivity index (χ1v) is 9.21. The predicted molar refractivity (Wildman–Crippen MR) is 85.4 cm³/mol. The number of anilines is 1. The van der Waals surface area contributed by atoms with E-state index in [0.717, 1.165) is 25.7 Å². The summed E-state index contributed by atoms with van der Waals surface area (Å²) in [6.45, 7) is 2.49. The average molecular weight is 382 g/mol. The van der Waals surface area contributed by atoms with E-state index in [4.69, 9.17) is 17.3 Å². The Kier molecular flexibility index (Phi) is 5.00. The summed E-state index contributed by atoms with van der Waals surface area (Å²) >= 11 is 9.22. The average Bonchev–Trinajstić information content (AvgIpc) is 2.58. The lowest BCUT2D eigenvalue weighted by molar-refractivity contribution is 0.342. The maximum absolute atomic E-state index is 12.9. The lowest BCUT2D eigenvalue weighted by atomic mass is 10.1. The molecule has 1 aromatic carbocycles. The number of nitrogens with zero attached hydrogens (tertiary/aromatic N) is 1. The van der Waals surface area contributed by atoms with E-state index in [1.807, 2.05) is 6.92 Å². The summed E-state index contributed by atoms with van der Waals surface area (Å²) in [6.07, 6.45) is 3.89. The molecule has 1 aliphatic rings. The van der Waals surface area contributed by atoms with Crippen molar-refractivity contribution in [2.45, 2.75) is 43.5 Å². The maximum Gasteiger partial charge on any atom is 0.244 e. The minimum Gasteiger partial charge on any atom is -0.398 e. The van der Waals surface area contributed by atoms with Crippen LogP contribution in [0.5, 0.6) is 0 Å². The second-order valence-corrected chi connectivity index (χ2v) is 8.21. The molecule has 0 spiro atoms. The first kappa shape index (κ1) is 16.1. The van der Waals surface area contributed by atoms with Crippen molar-refractivity contribution in [1.29, 1.82) is 0 Å². The quantitative estimate of drug-likeness (QED) is 0.796. The number of benzene rings is 1. The zero-order valence-electron chi connectivity index (χ0n) is 11.3. The third kappa shape index (κ3) is 3.13. The molecule has 1 saturated heterocycles. The van der Waals surface area contributed by atoms with Crippen molar-refractivity contribution in [3.05, 3.63) is 21.6 Å². The first-order valence-electron chi connectivity index (χ1n) is 6.60. The van der Waals surface area contributed by atoms with Gasteiger partial charge in [-0.1, -0.05) is 24.4 Å². The van der Waals surface area contributed by atoms with Crippen molar-refractivity contribution < 1.29 is 8.42 Å². The highest BCUT2D eigenvalue weighted by atomic mass is 79.9. The van der Waals surface area contributed by atoms with Gasteiger partial charge in [0.2, 0.25) is 10.0 Å². The topological polar surface area (TPSA) is 63.4 Å². The molecule has 4 nitrogen and oxygen atoms in total. The summed E-state index contributed by atoms with van der Waals surface area (Å²) in [5, 5.41) is 0.326. The van der Waals surface area contributed by atoms with Crippen LogP contribution in [0.2, 0.25) is 5.02 Å². The first-order chi connectivity index (χ1) is 9.34. The van der Waals surface area contributed by atoms with Gasteiger partial charge in [0.25, 0.3) is 0 Å². The van der Waals surface area contributed by atoms with Crippen LogP contribution >= 0.6 is 27.5 Å². The lowest BCUT2D eigenvalue weighted by Crippen LogP contribution is -2.38. The number of hydrogen-bond acceptors (Lipinski definition) is 3. The number of hydrogen-bond donors (Lipinski definition) is 1. The van der Waals surface area contributed by atoms with Gasteiger partial charge in [-0.05, 0) is 47.8 Å². The molecule has 0 aliphatic carbocycles. The Morgan fingerprint density at radius 3 is 2.75 bits per heavy atom. The van der Waals surface area contributed by atoms with Crippen molar-refractivity contribution in [2.24, 2.45) is 0 Å². The summed E-state index contributed by atoms with van der Waals surface area (Å²) in [5.74, 6) is 0. The predicted octanol–water partition coefficient (Wildman–Crippen LogP) is 3.64. The zero-order chi connectivity index (χ0) is 14.9. The van der Waals surface area contributed by atoms with E-state index in [2.05, 4.69) is 15.9 Å². The van der Waals surface area contributed by atoms with E-state index in [1.54, 1.807) is 4.31 Å². The standard InChI is InChI=1S/C13H18BrClN2O2S/c1-9-5-3-2-4-6-17(9)20(18,19)12-8-10(15)7-11(16)13(12)14/h7-9H,2-6,16H2,1H3. The monoisotopic (exact) mass is 380 g/mol. The van der Waals surface area contributed by atoms with E-state index in [-0.39, 0.29) is 10.9 Å². The molecule has 1 aromatic rings. The highest BCUT2D eigenvalue weighted by Gasteiger charge is 2.32. The van der Waals surface area contributed by atoms with E-state index >= 15 is 0 Å². The molecule has 112 valence electrons. The van der Waals surface area contributed by atoms with Crippen LogP contribution in [0.25, 0.3) is 0 Å². The second kappa shape index (κ2) is 6.22. The van der Waals surface area contributed by atoms with Gasteiger partial charge in [-0.25, -0.2) is 8.42 Å². The highest BCUT2D eigenvalue weighted by Crippen LogP contribution is 2.35.